The summed E-state index contributed by atoms with van der Waals surface area (Å²) in [5.74, 6) is 1.73. The van der Waals surface area contributed by atoms with Gasteiger partial charge in [-0.05, 0) is 31.4 Å². The van der Waals surface area contributed by atoms with Crippen LogP contribution in [0, 0.1) is 0 Å². The lowest BCUT2D eigenvalue weighted by Gasteiger charge is -2.39. The van der Waals surface area contributed by atoms with Crippen molar-refractivity contribution in [3.8, 4) is 11.5 Å². The van der Waals surface area contributed by atoms with Gasteiger partial charge in [0.15, 0.2) is 6.79 Å². The summed E-state index contributed by atoms with van der Waals surface area (Å²) in [7, 11) is 1.68. The van der Waals surface area contributed by atoms with Gasteiger partial charge in [0, 0.05) is 16.7 Å². The Labute approximate surface area is 101 Å². The zero-order valence-corrected chi connectivity index (χ0v) is 9.99. The normalized spacial score (nSPS) is 21.1. The van der Waals surface area contributed by atoms with Gasteiger partial charge in [-0.25, -0.2) is 0 Å². The predicted molar refractivity (Wildman–Crippen MR) is 63.0 cm³/mol. The van der Waals surface area contributed by atoms with Crippen LogP contribution in [0.5, 0.6) is 11.5 Å². The van der Waals surface area contributed by atoms with Crippen molar-refractivity contribution in [3.63, 3.8) is 0 Å². The van der Waals surface area contributed by atoms with E-state index in [1.807, 2.05) is 12.1 Å². The number of hydrogen-bond acceptors (Lipinski definition) is 4. The second-order valence-corrected chi connectivity index (χ2v) is 4.78. The van der Waals surface area contributed by atoms with Crippen LogP contribution < -0.4 is 15.2 Å². The average molecular weight is 235 g/mol. The lowest BCUT2D eigenvalue weighted by molar-refractivity contribution is -0.0167. The Morgan fingerprint density at radius 1 is 1.35 bits per heavy atom. The van der Waals surface area contributed by atoms with E-state index in [1.165, 1.54) is 6.42 Å². The number of fused-ring (bicyclic) bond motifs is 1. The molecule has 1 saturated carbocycles. The van der Waals surface area contributed by atoms with Gasteiger partial charge in [-0.15, -0.1) is 0 Å². The number of nitrogens with two attached hydrogens (primary N) is 1. The molecule has 1 aromatic rings. The smallest absolute Gasteiger partial charge is 0.189 e. The minimum atomic E-state index is -0.234. The van der Waals surface area contributed by atoms with Crippen LogP contribution in [0.2, 0.25) is 0 Å². The topological polar surface area (TPSA) is 53.7 Å². The molecule has 0 unspecified atom stereocenters. The van der Waals surface area contributed by atoms with Crippen LogP contribution in [0.15, 0.2) is 12.1 Å². The van der Waals surface area contributed by atoms with Crippen LogP contribution in [0.25, 0.3) is 0 Å². The van der Waals surface area contributed by atoms with Gasteiger partial charge in [-0.1, -0.05) is 0 Å². The first-order valence-corrected chi connectivity index (χ1v) is 5.94. The van der Waals surface area contributed by atoms with Crippen molar-refractivity contribution in [3.05, 3.63) is 23.3 Å². The molecule has 0 saturated heterocycles. The molecule has 4 heteroatoms. The quantitative estimate of drug-likeness (QED) is 0.850. The summed E-state index contributed by atoms with van der Waals surface area (Å²) in [6.07, 6.45) is 3.21. The molecule has 1 aliphatic carbocycles. The van der Waals surface area contributed by atoms with Gasteiger partial charge in [0.1, 0.15) is 11.5 Å². The van der Waals surface area contributed by atoms with Gasteiger partial charge < -0.3 is 19.9 Å². The third kappa shape index (κ3) is 1.68. The number of hydrogen-bond donors (Lipinski definition) is 1. The van der Waals surface area contributed by atoms with E-state index in [1.54, 1.807) is 7.11 Å². The number of ether oxygens (including phenoxy) is 3. The highest BCUT2D eigenvalue weighted by Gasteiger charge is 2.37. The van der Waals surface area contributed by atoms with Gasteiger partial charge in [0.05, 0.1) is 13.7 Å². The molecule has 17 heavy (non-hydrogen) atoms. The lowest BCUT2D eigenvalue weighted by Crippen LogP contribution is -2.43. The monoisotopic (exact) mass is 235 g/mol. The molecule has 1 aromatic carbocycles. The van der Waals surface area contributed by atoms with Gasteiger partial charge in [0.2, 0.25) is 0 Å². The van der Waals surface area contributed by atoms with Crippen molar-refractivity contribution >= 4 is 0 Å². The molecule has 4 nitrogen and oxygen atoms in total. The first-order chi connectivity index (χ1) is 8.23. The summed E-state index contributed by atoms with van der Waals surface area (Å²) in [6, 6.07) is 4.01. The van der Waals surface area contributed by atoms with Gasteiger partial charge in [-0.2, -0.15) is 0 Å². The fourth-order valence-electron chi connectivity index (χ4n) is 2.49. The zero-order valence-electron chi connectivity index (χ0n) is 9.99. The highest BCUT2D eigenvalue weighted by Crippen LogP contribution is 2.45. The highest BCUT2D eigenvalue weighted by atomic mass is 16.7. The maximum absolute atomic E-state index is 6.37. The summed E-state index contributed by atoms with van der Waals surface area (Å²) in [6.45, 7) is 0.889. The third-order valence-corrected chi connectivity index (χ3v) is 3.72. The molecule has 92 valence electrons. The predicted octanol–water partition coefficient (Wildman–Crippen LogP) is 1.90. The van der Waals surface area contributed by atoms with E-state index in [0.717, 1.165) is 35.5 Å². The van der Waals surface area contributed by atoms with E-state index in [9.17, 15) is 0 Å². The van der Waals surface area contributed by atoms with Crippen LogP contribution in [0.4, 0.5) is 0 Å². The number of methoxy groups -OCH3 is 1. The Morgan fingerprint density at radius 3 is 2.82 bits per heavy atom. The van der Waals surface area contributed by atoms with Gasteiger partial charge in [0.25, 0.3) is 0 Å². The molecular formula is C13H17NO3. The highest BCUT2D eigenvalue weighted by molar-refractivity contribution is 5.50. The van der Waals surface area contributed by atoms with Crippen molar-refractivity contribution in [2.24, 2.45) is 5.73 Å². The molecule has 0 spiro atoms. The first-order valence-electron chi connectivity index (χ1n) is 5.94. The van der Waals surface area contributed by atoms with E-state index in [2.05, 4.69) is 0 Å². The summed E-state index contributed by atoms with van der Waals surface area (Å²) >= 11 is 0. The standard InChI is InChI=1S/C13H17NO3/c1-15-12-5-9-7-16-8-17-11(9)6-10(12)13(14)3-2-4-13/h5-6H,2-4,7-8,14H2,1H3. The van der Waals surface area contributed by atoms with Crippen molar-refractivity contribution < 1.29 is 14.2 Å². The summed E-state index contributed by atoms with van der Waals surface area (Å²) < 4.78 is 16.2. The SMILES string of the molecule is COc1cc2c(cc1C1(N)CCC1)OCOC2. The zero-order chi connectivity index (χ0) is 11.9. The first kappa shape index (κ1) is 10.9. The largest absolute Gasteiger partial charge is 0.496 e. The Hall–Kier alpha value is -1.26. The Kier molecular flexibility index (Phi) is 2.49. The van der Waals surface area contributed by atoms with E-state index in [0.29, 0.717) is 13.4 Å². The Bertz CT molecular complexity index is 441. The third-order valence-electron chi connectivity index (χ3n) is 3.72. The fraction of sp³-hybridized carbons (Fsp3) is 0.538. The molecule has 0 aromatic heterocycles. The van der Waals surface area contributed by atoms with Crippen molar-refractivity contribution in [1.29, 1.82) is 0 Å². The molecule has 3 rings (SSSR count). The van der Waals surface area contributed by atoms with E-state index >= 15 is 0 Å². The Morgan fingerprint density at radius 2 is 2.18 bits per heavy atom. The molecule has 0 bridgehead atoms. The van der Waals surface area contributed by atoms with E-state index < -0.39 is 0 Å². The summed E-state index contributed by atoms with van der Waals surface area (Å²) in [5.41, 5.74) is 8.22. The van der Waals surface area contributed by atoms with Crippen molar-refractivity contribution in [1.82, 2.24) is 0 Å². The van der Waals surface area contributed by atoms with Gasteiger partial charge >= 0.3 is 0 Å². The molecule has 1 heterocycles. The molecule has 1 fully saturated rings. The average Bonchev–Trinajstić information content (AvgIpc) is 2.34. The minimum Gasteiger partial charge on any atom is -0.496 e. The Balaban J connectivity index is 2.07. The van der Waals surface area contributed by atoms with E-state index in [4.69, 9.17) is 19.9 Å². The maximum Gasteiger partial charge on any atom is 0.189 e. The maximum atomic E-state index is 6.37. The molecule has 0 radical (unpaired) electrons. The van der Waals surface area contributed by atoms with Crippen LogP contribution in [-0.4, -0.2) is 13.9 Å². The molecule has 2 N–H and O–H groups in total. The molecule has 2 aliphatic rings. The van der Waals surface area contributed by atoms with Crippen LogP contribution in [0.1, 0.15) is 30.4 Å². The lowest BCUT2D eigenvalue weighted by atomic mass is 9.72. The van der Waals surface area contributed by atoms with Crippen molar-refractivity contribution in [2.45, 2.75) is 31.4 Å². The number of benzene rings is 1. The second kappa shape index (κ2) is 3.89. The minimum absolute atomic E-state index is 0.234. The van der Waals surface area contributed by atoms with E-state index in [-0.39, 0.29) is 5.54 Å². The van der Waals surface area contributed by atoms with Crippen LogP contribution >= 0.6 is 0 Å². The van der Waals surface area contributed by atoms with Crippen LogP contribution in [-0.2, 0) is 16.9 Å². The second-order valence-electron chi connectivity index (χ2n) is 4.78. The summed E-state index contributed by atoms with van der Waals surface area (Å²) in [4.78, 5) is 0. The molecule has 1 aliphatic heterocycles. The van der Waals surface area contributed by atoms with Crippen LogP contribution in [0.3, 0.4) is 0 Å². The van der Waals surface area contributed by atoms with Gasteiger partial charge in [-0.3, -0.25) is 0 Å². The molecule has 0 atom stereocenters. The number of rotatable bonds is 2. The molecule has 0 amide bonds. The summed E-state index contributed by atoms with van der Waals surface area (Å²) in [5, 5.41) is 0. The molecular weight excluding hydrogens is 218 g/mol. The fourth-order valence-corrected chi connectivity index (χ4v) is 2.49. The van der Waals surface area contributed by atoms with Crippen molar-refractivity contribution in [2.75, 3.05) is 13.9 Å².